The molecule has 0 saturated heterocycles. The molecular weight excluding hydrogens is 371 g/mol. The number of benzene rings is 1. The van der Waals surface area contributed by atoms with E-state index in [9.17, 15) is 4.79 Å². The lowest BCUT2D eigenvalue weighted by molar-refractivity contribution is 0.253. The molecule has 4 N–H and O–H groups in total. The van der Waals surface area contributed by atoms with E-state index >= 15 is 0 Å². The lowest BCUT2D eigenvalue weighted by Gasteiger charge is -2.10. The van der Waals surface area contributed by atoms with E-state index in [4.69, 9.17) is 28.9 Å². The number of hydrogen-bond donors (Lipinski definition) is 3. The van der Waals surface area contributed by atoms with E-state index < -0.39 is 0 Å². The molecule has 2 amide bonds. The smallest absolute Gasteiger partial charge is 0.319 e. The summed E-state index contributed by atoms with van der Waals surface area (Å²) in [5, 5.41) is 6.41. The number of amides is 2. The number of rotatable bonds is 8. The molecule has 0 spiro atoms. The third-order valence-electron chi connectivity index (χ3n) is 3.40. The lowest BCUT2D eigenvalue weighted by atomic mass is 10.0. The lowest BCUT2D eigenvalue weighted by Crippen LogP contribution is -2.30. The molecule has 1 unspecified atom stereocenters. The molecular formula is C19H24Cl2N4O. The van der Waals surface area contributed by atoms with Gasteiger partial charge < -0.3 is 16.4 Å². The van der Waals surface area contributed by atoms with E-state index in [1.807, 2.05) is 25.2 Å². The molecule has 0 heterocycles. The molecule has 26 heavy (non-hydrogen) atoms. The van der Waals surface area contributed by atoms with E-state index in [0.717, 1.165) is 11.3 Å². The number of urea groups is 1. The molecule has 7 heteroatoms. The van der Waals surface area contributed by atoms with Crippen LogP contribution < -0.4 is 16.4 Å². The summed E-state index contributed by atoms with van der Waals surface area (Å²) >= 11 is 11.8. The van der Waals surface area contributed by atoms with Gasteiger partial charge in [-0.3, -0.25) is 0 Å². The van der Waals surface area contributed by atoms with Gasteiger partial charge in [-0.05, 0) is 43.0 Å². The summed E-state index contributed by atoms with van der Waals surface area (Å²) in [7, 11) is 0. The van der Waals surface area contributed by atoms with Crippen molar-refractivity contribution in [3.8, 4) is 0 Å². The normalized spacial score (nSPS) is 13.2. The second-order valence-electron chi connectivity index (χ2n) is 5.71. The van der Waals surface area contributed by atoms with Crippen molar-refractivity contribution < 1.29 is 4.79 Å². The zero-order chi connectivity index (χ0) is 19.5. The van der Waals surface area contributed by atoms with Crippen LogP contribution in [0, 0.1) is 5.92 Å². The molecule has 0 aromatic heterocycles. The Hall–Kier alpha value is -2.24. The van der Waals surface area contributed by atoms with E-state index in [2.05, 4.69) is 29.1 Å². The number of aliphatic imine (C=N–C) groups is 1. The number of carbonyl (C=O) groups is 1. The second-order valence-corrected chi connectivity index (χ2v) is 6.59. The first-order valence-electron chi connectivity index (χ1n) is 8.10. The molecule has 5 nitrogen and oxygen atoms in total. The fourth-order valence-electron chi connectivity index (χ4n) is 2.13. The first kappa shape index (κ1) is 21.8. The second kappa shape index (κ2) is 11.4. The van der Waals surface area contributed by atoms with Gasteiger partial charge in [0.2, 0.25) is 0 Å². The van der Waals surface area contributed by atoms with Crippen molar-refractivity contribution >= 4 is 41.3 Å². The van der Waals surface area contributed by atoms with Gasteiger partial charge in [-0.2, -0.15) is 0 Å². The van der Waals surface area contributed by atoms with Gasteiger partial charge in [0.1, 0.15) is 0 Å². The monoisotopic (exact) mass is 394 g/mol. The minimum atomic E-state index is -0.338. The number of nitrogens with zero attached hydrogens (tertiary/aromatic N) is 1. The summed E-state index contributed by atoms with van der Waals surface area (Å²) in [6.45, 7) is 8.20. The third-order valence-corrected chi connectivity index (χ3v) is 3.83. The van der Waals surface area contributed by atoms with Gasteiger partial charge in [0.25, 0.3) is 0 Å². The zero-order valence-electron chi connectivity index (χ0n) is 14.9. The van der Waals surface area contributed by atoms with Crippen molar-refractivity contribution in [2.45, 2.75) is 20.3 Å². The van der Waals surface area contributed by atoms with Gasteiger partial charge in [0.15, 0.2) is 0 Å². The Labute approximate surface area is 164 Å². The Morgan fingerprint density at radius 3 is 2.58 bits per heavy atom. The van der Waals surface area contributed by atoms with Crippen LogP contribution in [0.1, 0.15) is 20.3 Å². The molecule has 1 rings (SSSR count). The number of carbonyl (C=O) groups excluding carboxylic acids is 1. The van der Waals surface area contributed by atoms with Crippen LogP contribution in [0.4, 0.5) is 10.5 Å². The van der Waals surface area contributed by atoms with Gasteiger partial charge in [0, 0.05) is 28.0 Å². The number of anilines is 1. The van der Waals surface area contributed by atoms with Gasteiger partial charge >= 0.3 is 6.03 Å². The molecule has 0 bridgehead atoms. The standard InChI is InChI=1S/C19H24Cl2N4O/c1-4-15(6-5-13(2)7-14(3)24-12-22)11-23-19(26)25-18-9-16(20)8-17(21)10-18/h4-6,8-10,12-13H,3,7,11H2,1-2H3,(H2,22,24)(H2,23,25,26)/b6-5-,15-4+. The van der Waals surface area contributed by atoms with Crippen LogP contribution >= 0.6 is 23.2 Å². The Morgan fingerprint density at radius 2 is 2.00 bits per heavy atom. The van der Waals surface area contributed by atoms with Crippen molar-refractivity contribution in [3.63, 3.8) is 0 Å². The van der Waals surface area contributed by atoms with E-state index in [-0.39, 0.29) is 11.9 Å². The van der Waals surface area contributed by atoms with E-state index in [0.29, 0.717) is 28.7 Å². The maximum atomic E-state index is 12.0. The number of nitrogens with one attached hydrogen (secondary N) is 2. The fourth-order valence-corrected chi connectivity index (χ4v) is 2.65. The highest BCUT2D eigenvalue weighted by atomic mass is 35.5. The number of allylic oxidation sites excluding steroid dienone is 3. The molecule has 1 aromatic rings. The fraction of sp³-hybridized carbons (Fsp3) is 0.263. The summed E-state index contributed by atoms with van der Waals surface area (Å²) in [5.74, 6) is 0.253. The molecule has 0 saturated carbocycles. The average Bonchev–Trinajstić information content (AvgIpc) is 2.54. The van der Waals surface area contributed by atoms with Gasteiger partial charge in [-0.1, -0.05) is 54.9 Å². The first-order valence-corrected chi connectivity index (χ1v) is 8.86. The highest BCUT2D eigenvalue weighted by molar-refractivity contribution is 6.35. The van der Waals surface area contributed by atoms with E-state index in [1.165, 1.54) is 6.34 Å². The van der Waals surface area contributed by atoms with Crippen molar-refractivity contribution in [1.29, 1.82) is 0 Å². The largest absolute Gasteiger partial charge is 0.390 e. The highest BCUT2D eigenvalue weighted by Crippen LogP contribution is 2.22. The van der Waals surface area contributed by atoms with Crippen molar-refractivity contribution in [2.24, 2.45) is 16.6 Å². The summed E-state index contributed by atoms with van der Waals surface area (Å²) in [6, 6.07) is 4.52. The predicted molar refractivity (Wildman–Crippen MR) is 112 cm³/mol. The van der Waals surface area contributed by atoms with Crippen LogP contribution in [0.5, 0.6) is 0 Å². The molecule has 1 atom stereocenters. The van der Waals surface area contributed by atoms with Crippen LogP contribution in [0.3, 0.4) is 0 Å². The Bertz CT molecular complexity index is 706. The van der Waals surface area contributed by atoms with Crippen LogP contribution in [-0.4, -0.2) is 18.9 Å². The summed E-state index contributed by atoms with van der Waals surface area (Å²) in [6.07, 6.45) is 7.91. The minimum Gasteiger partial charge on any atom is -0.390 e. The number of nitrogens with two attached hydrogens (primary N) is 1. The molecule has 0 fully saturated rings. The Balaban J connectivity index is 2.51. The van der Waals surface area contributed by atoms with Gasteiger partial charge in [-0.25, -0.2) is 9.79 Å². The maximum absolute atomic E-state index is 12.0. The molecule has 0 aliphatic carbocycles. The number of halogens is 2. The molecule has 0 aliphatic heterocycles. The van der Waals surface area contributed by atoms with Gasteiger partial charge in [-0.15, -0.1) is 0 Å². The molecule has 1 aromatic carbocycles. The molecule has 0 radical (unpaired) electrons. The SMILES string of the molecule is C=C(CC(C)/C=C\C(=C/C)CNC(=O)Nc1cc(Cl)cc(Cl)c1)N=CN. The summed E-state index contributed by atoms with van der Waals surface area (Å²) in [4.78, 5) is 16.0. The predicted octanol–water partition coefficient (Wildman–Crippen LogP) is 5.14. The number of hydrogen-bond acceptors (Lipinski definition) is 2. The molecule has 0 aliphatic rings. The van der Waals surface area contributed by atoms with Crippen molar-refractivity contribution in [1.82, 2.24) is 5.32 Å². The first-order chi connectivity index (χ1) is 12.3. The van der Waals surface area contributed by atoms with Crippen LogP contribution in [-0.2, 0) is 0 Å². The average molecular weight is 395 g/mol. The van der Waals surface area contributed by atoms with Crippen LogP contribution in [0.15, 0.2) is 59.3 Å². The van der Waals surface area contributed by atoms with Crippen LogP contribution in [0.25, 0.3) is 0 Å². The minimum absolute atomic E-state index is 0.253. The zero-order valence-corrected chi connectivity index (χ0v) is 16.4. The quantitative estimate of drug-likeness (QED) is 0.324. The van der Waals surface area contributed by atoms with Crippen molar-refractivity contribution in [3.05, 3.63) is 64.3 Å². The third kappa shape index (κ3) is 8.74. The Kier molecular flexibility index (Phi) is 9.55. The maximum Gasteiger partial charge on any atom is 0.319 e. The Morgan fingerprint density at radius 1 is 1.35 bits per heavy atom. The van der Waals surface area contributed by atoms with Gasteiger partial charge in [0.05, 0.1) is 6.34 Å². The topological polar surface area (TPSA) is 79.5 Å². The van der Waals surface area contributed by atoms with Crippen molar-refractivity contribution in [2.75, 3.05) is 11.9 Å². The highest BCUT2D eigenvalue weighted by Gasteiger charge is 2.05. The van der Waals surface area contributed by atoms with E-state index in [1.54, 1.807) is 18.2 Å². The summed E-state index contributed by atoms with van der Waals surface area (Å²) < 4.78 is 0. The molecule has 140 valence electrons. The van der Waals surface area contributed by atoms with Crippen LogP contribution in [0.2, 0.25) is 10.0 Å². The summed E-state index contributed by atoms with van der Waals surface area (Å²) in [5.41, 5.74) is 7.48.